The molecule has 1 saturated heterocycles. The number of hydrogen-bond donors (Lipinski definition) is 2. The van der Waals surface area contributed by atoms with Crippen molar-refractivity contribution in [3.05, 3.63) is 24.3 Å². The van der Waals surface area contributed by atoms with E-state index in [2.05, 4.69) is 5.32 Å². The van der Waals surface area contributed by atoms with Crippen molar-refractivity contribution in [2.24, 2.45) is 5.73 Å². The average Bonchev–Trinajstić information content (AvgIpc) is 2.83. The predicted molar refractivity (Wildman–Crippen MR) is 82.7 cm³/mol. The van der Waals surface area contributed by atoms with Gasteiger partial charge < -0.3 is 20.7 Å². The standard InChI is InChI=1S/C14H19N3O3.ClH/c15-7-9-20-12-5-3-11(4-6-12)16-13(18)10-17-8-1-2-14(17)19;/h3-6H,1-2,7-10,15H2,(H,16,18);1H. The van der Waals surface area contributed by atoms with E-state index in [9.17, 15) is 9.59 Å². The normalized spacial score (nSPS) is 13.8. The molecule has 0 atom stereocenters. The molecule has 0 radical (unpaired) electrons. The Bertz CT molecular complexity index is 479. The van der Waals surface area contributed by atoms with Crippen molar-refractivity contribution in [1.82, 2.24) is 4.90 Å². The molecule has 7 heteroatoms. The summed E-state index contributed by atoms with van der Waals surface area (Å²) < 4.78 is 5.35. The van der Waals surface area contributed by atoms with E-state index in [-0.39, 0.29) is 30.8 Å². The number of anilines is 1. The van der Waals surface area contributed by atoms with Crippen LogP contribution >= 0.6 is 12.4 Å². The van der Waals surface area contributed by atoms with Gasteiger partial charge in [0.1, 0.15) is 12.4 Å². The first-order valence-electron chi connectivity index (χ1n) is 6.69. The molecule has 21 heavy (non-hydrogen) atoms. The van der Waals surface area contributed by atoms with E-state index in [1.165, 1.54) is 0 Å². The highest BCUT2D eigenvalue weighted by Gasteiger charge is 2.22. The lowest BCUT2D eigenvalue weighted by Crippen LogP contribution is -2.33. The van der Waals surface area contributed by atoms with E-state index in [0.717, 1.165) is 6.42 Å². The van der Waals surface area contributed by atoms with Crippen molar-refractivity contribution in [2.75, 3.05) is 31.6 Å². The summed E-state index contributed by atoms with van der Waals surface area (Å²) in [6, 6.07) is 7.06. The predicted octanol–water partition coefficient (Wildman–Crippen LogP) is 1.01. The van der Waals surface area contributed by atoms with Gasteiger partial charge in [-0.3, -0.25) is 9.59 Å². The fraction of sp³-hybridized carbons (Fsp3) is 0.429. The van der Waals surface area contributed by atoms with Crippen LogP contribution in [0.15, 0.2) is 24.3 Å². The lowest BCUT2D eigenvalue weighted by atomic mass is 10.3. The Labute approximate surface area is 130 Å². The van der Waals surface area contributed by atoms with Crippen molar-refractivity contribution < 1.29 is 14.3 Å². The highest BCUT2D eigenvalue weighted by Crippen LogP contribution is 2.16. The summed E-state index contributed by atoms with van der Waals surface area (Å²) in [5.74, 6) is 0.574. The van der Waals surface area contributed by atoms with Crippen LogP contribution in [0, 0.1) is 0 Å². The summed E-state index contributed by atoms with van der Waals surface area (Å²) in [7, 11) is 0. The number of halogens is 1. The number of nitrogens with zero attached hydrogens (tertiary/aromatic N) is 1. The van der Waals surface area contributed by atoms with Crippen LogP contribution in [0.2, 0.25) is 0 Å². The van der Waals surface area contributed by atoms with Crippen molar-refractivity contribution in [3.63, 3.8) is 0 Å². The molecule has 2 rings (SSSR count). The number of ether oxygens (including phenoxy) is 1. The van der Waals surface area contributed by atoms with Crippen LogP contribution in [-0.4, -0.2) is 43.0 Å². The Balaban J connectivity index is 0.00000220. The molecule has 0 aliphatic carbocycles. The van der Waals surface area contributed by atoms with Crippen LogP contribution in [0.5, 0.6) is 5.75 Å². The molecule has 3 N–H and O–H groups in total. The molecule has 116 valence electrons. The van der Waals surface area contributed by atoms with Crippen LogP contribution in [0.25, 0.3) is 0 Å². The molecule has 0 aromatic heterocycles. The first-order valence-corrected chi connectivity index (χ1v) is 6.69. The van der Waals surface area contributed by atoms with Crippen LogP contribution in [0.4, 0.5) is 5.69 Å². The van der Waals surface area contributed by atoms with Gasteiger partial charge in [0.25, 0.3) is 0 Å². The van der Waals surface area contributed by atoms with Gasteiger partial charge in [-0.15, -0.1) is 12.4 Å². The van der Waals surface area contributed by atoms with E-state index in [4.69, 9.17) is 10.5 Å². The molecule has 1 aromatic rings. The number of likely N-dealkylation sites (tertiary alicyclic amines) is 1. The SMILES string of the molecule is Cl.NCCOc1ccc(NC(=O)CN2CCCC2=O)cc1. The van der Waals surface area contributed by atoms with Crippen LogP contribution < -0.4 is 15.8 Å². The van der Waals surface area contributed by atoms with E-state index in [0.29, 0.717) is 37.6 Å². The summed E-state index contributed by atoms with van der Waals surface area (Å²) in [6.45, 7) is 1.70. The topological polar surface area (TPSA) is 84.7 Å². The van der Waals surface area contributed by atoms with Gasteiger partial charge in [-0.25, -0.2) is 0 Å². The maximum atomic E-state index is 11.8. The molecule has 1 fully saturated rings. The van der Waals surface area contributed by atoms with Crippen LogP contribution in [-0.2, 0) is 9.59 Å². The molecule has 2 amide bonds. The third kappa shape index (κ3) is 5.24. The minimum Gasteiger partial charge on any atom is -0.492 e. The quantitative estimate of drug-likeness (QED) is 0.821. The van der Waals surface area contributed by atoms with Crippen LogP contribution in [0.3, 0.4) is 0 Å². The van der Waals surface area contributed by atoms with Gasteiger partial charge in [0, 0.05) is 25.2 Å². The van der Waals surface area contributed by atoms with Gasteiger partial charge >= 0.3 is 0 Å². The molecule has 6 nitrogen and oxygen atoms in total. The maximum absolute atomic E-state index is 11.8. The number of carbonyl (C=O) groups is 2. The summed E-state index contributed by atoms with van der Waals surface area (Å²) in [5.41, 5.74) is 6.03. The van der Waals surface area contributed by atoms with Crippen molar-refractivity contribution >= 4 is 29.9 Å². The number of benzene rings is 1. The van der Waals surface area contributed by atoms with E-state index >= 15 is 0 Å². The van der Waals surface area contributed by atoms with Gasteiger partial charge in [-0.05, 0) is 30.7 Å². The third-order valence-corrected chi connectivity index (χ3v) is 3.03. The molecule has 0 saturated carbocycles. The third-order valence-electron chi connectivity index (χ3n) is 3.03. The highest BCUT2D eigenvalue weighted by atomic mass is 35.5. The molecule has 0 unspecified atom stereocenters. The van der Waals surface area contributed by atoms with E-state index in [1.54, 1.807) is 29.2 Å². The first kappa shape index (κ1) is 17.3. The molecule has 1 aliphatic rings. The molecule has 1 heterocycles. The molecule has 0 bridgehead atoms. The Kier molecular flexibility index (Phi) is 6.98. The van der Waals surface area contributed by atoms with Crippen molar-refractivity contribution in [3.8, 4) is 5.75 Å². The molecule has 0 spiro atoms. The Morgan fingerprint density at radius 1 is 1.33 bits per heavy atom. The van der Waals surface area contributed by atoms with Gasteiger partial charge in [0.05, 0.1) is 6.54 Å². The average molecular weight is 314 g/mol. The summed E-state index contributed by atoms with van der Waals surface area (Å²) in [5, 5.41) is 2.76. The number of nitrogens with two attached hydrogens (primary N) is 1. The lowest BCUT2D eigenvalue weighted by molar-refractivity contribution is -0.131. The molecule has 1 aromatic carbocycles. The zero-order chi connectivity index (χ0) is 14.4. The monoisotopic (exact) mass is 313 g/mol. The van der Waals surface area contributed by atoms with E-state index < -0.39 is 0 Å². The second-order valence-corrected chi connectivity index (χ2v) is 4.63. The van der Waals surface area contributed by atoms with Gasteiger partial charge in [0.15, 0.2) is 0 Å². The second kappa shape index (κ2) is 8.49. The maximum Gasteiger partial charge on any atom is 0.243 e. The summed E-state index contributed by atoms with van der Waals surface area (Å²) in [6.07, 6.45) is 1.37. The fourth-order valence-corrected chi connectivity index (χ4v) is 2.06. The molecular weight excluding hydrogens is 294 g/mol. The minimum atomic E-state index is -0.184. The second-order valence-electron chi connectivity index (χ2n) is 4.63. The lowest BCUT2D eigenvalue weighted by Gasteiger charge is -2.15. The number of nitrogens with one attached hydrogen (secondary N) is 1. The molecule has 1 aliphatic heterocycles. The number of amides is 2. The number of rotatable bonds is 6. The Morgan fingerprint density at radius 2 is 2.05 bits per heavy atom. The Morgan fingerprint density at radius 3 is 2.62 bits per heavy atom. The van der Waals surface area contributed by atoms with Crippen molar-refractivity contribution in [2.45, 2.75) is 12.8 Å². The van der Waals surface area contributed by atoms with Gasteiger partial charge in [-0.1, -0.05) is 0 Å². The highest BCUT2D eigenvalue weighted by molar-refractivity contribution is 5.94. The number of carbonyl (C=O) groups excluding carboxylic acids is 2. The smallest absolute Gasteiger partial charge is 0.243 e. The van der Waals surface area contributed by atoms with Crippen molar-refractivity contribution in [1.29, 1.82) is 0 Å². The Hall–Kier alpha value is -1.79. The largest absolute Gasteiger partial charge is 0.492 e. The van der Waals surface area contributed by atoms with Gasteiger partial charge in [0.2, 0.25) is 11.8 Å². The fourth-order valence-electron chi connectivity index (χ4n) is 2.06. The summed E-state index contributed by atoms with van der Waals surface area (Å²) in [4.78, 5) is 24.8. The van der Waals surface area contributed by atoms with Gasteiger partial charge in [-0.2, -0.15) is 0 Å². The van der Waals surface area contributed by atoms with Crippen LogP contribution in [0.1, 0.15) is 12.8 Å². The van der Waals surface area contributed by atoms with E-state index in [1.807, 2.05) is 0 Å². The first-order chi connectivity index (χ1) is 9.69. The summed E-state index contributed by atoms with van der Waals surface area (Å²) >= 11 is 0. The zero-order valence-electron chi connectivity index (χ0n) is 11.7. The number of hydrogen-bond acceptors (Lipinski definition) is 4. The minimum absolute atomic E-state index is 0. The molecular formula is C14H20ClN3O3. The zero-order valence-corrected chi connectivity index (χ0v) is 12.5.